The maximum Gasteiger partial charge on any atom is 0.211 e. The first-order valence-electron chi connectivity index (χ1n) is 14.0. The highest BCUT2D eigenvalue weighted by atomic mass is 35.5. The molecule has 1 saturated heterocycles. The molecule has 0 radical (unpaired) electrons. The van der Waals surface area contributed by atoms with E-state index in [1.165, 1.54) is 51.0 Å². The van der Waals surface area contributed by atoms with Gasteiger partial charge >= 0.3 is 0 Å². The number of hydrogen-bond donors (Lipinski definition) is 3. The smallest absolute Gasteiger partial charge is 0.211 e. The van der Waals surface area contributed by atoms with Crippen LogP contribution in [0.4, 0.5) is 10.1 Å². The Labute approximate surface area is 250 Å². The third-order valence-electron chi connectivity index (χ3n) is 5.87. The summed E-state index contributed by atoms with van der Waals surface area (Å²) in [6.07, 6.45) is 6.37. The largest absolute Gasteiger partial charge is 0.359 e. The standard InChI is InChI=1S/C17H17Cl2FN2O.C9H18N2O.C5H12/c1-11(12-3-2-4-14(18)5-12)8-21-9-13-6-16(20)15(19)7-17(13)22-10-23;12-9-10-5-1-2-6-11-7-3-4-8-11;1-5(2,3)4/h2-7,10-11,21H,8-9H2,1H3,(H,22,23);9H,1-8H2,(H,10,12);1-4H3. The number of rotatable bonds is 13. The van der Waals surface area contributed by atoms with Crippen LogP contribution < -0.4 is 16.0 Å². The number of likely N-dealkylation sites (tertiary alicyclic amines) is 1. The van der Waals surface area contributed by atoms with Gasteiger partial charge in [-0.2, -0.15) is 0 Å². The van der Waals surface area contributed by atoms with Crippen LogP contribution in [0.3, 0.4) is 0 Å². The van der Waals surface area contributed by atoms with Gasteiger partial charge in [-0.15, -0.1) is 0 Å². The summed E-state index contributed by atoms with van der Waals surface area (Å²) in [5.74, 6) is -0.267. The highest BCUT2D eigenvalue weighted by Crippen LogP contribution is 2.25. The fraction of sp³-hybridized carbons (Fsp3) is 0.548. The second-order valence-electron chi connectivity index (χ2n) is 11.6. The van der Waals surface area contributed by atoms with Crippen LogP contribution in [0.25, 0.3) is 0 Å². The molecule has 6 nitrogen and oxygen atoms in total. The lowest BCUT2D eigenvalue weighted by Crippen LogP contribution is -2.21. The molecule has 1 heterocycles. The molecule has 40 heavy (non-hydrogen) atoms. The molecule has 1 fully saturated rings. The highest BCUT2D eigenvalue weighted by molar-refractivity contribution is 6.31. The molecule has 0 aliphatic carbocycles. The number of anilines is 1. The van der Waals surface area contributed by atoms with E-state index in [1.807, 2.05) is 24.3 Å². The van der Waals surface area contributed by atoms with E-state index in [1.54, 1.807) is 0 Å². The Kier molecular flexibility index (Phi) is 17.8. The second-order valence-corrected chi connectivity index (χ2v) is 12.4. The number of carbonyl (C=O) groups excluding carboxylic acids is 2. The number of nitrogens with one attached hydrogen (secondary N) is 3. The zero-order chi connectivity index (χ0) is 30.0. The summed E-state index contributed by atoms with van der Waals surface area (Å²) >= 11 is 11.7. The van der Waals surface area contributed by atoms with Crippen LogP contribution in [0.5, 0.6) is 0 Å². The molecular formula is C31H47Cl2FN4O2. The number of hydrogen-bond acceptors (Lipinski definition) is 4. The summed E-state index contributed by atoms with van der Waals surface area (Å²) in [6, 6.07) is 10.4. The van der Waals surface area contributed by atoms with Crippen LogP contribution in [-0.2, 0) is 16.1 Å². The Morgan fingerprint density at radius 1 is 1.02 bits per heavy atom. The van der Waals surface area contributed by atoms with Crippen molar-refractivity contribution in [3.05, 3.63) is 63.4 Å². The minimum absolute atomic E-state index is 0.0228. The molecule has 0 bridgehead atoms. The minimum atomic E-state index is -0.511. The number of unbranched alkanes of at least 4 members (excludes halogenated alkanes) is 1. The first-order valence-corrected chi connectivity index (χ1v) is 14.7. The molecule has 3 N–H and O–H groups in total. The molecule has 0 spiro atoms. The molecule has 9 heteroatoms. The first-order chi connectivity index (χ1) is 18.9. The monoisotopic (exact) mass is 596 g/mol. The number of carbonyl (C=O) groups is 2. The average Bonchev–Trinajstić information content (AvgIpc) is 3.40. The fourth-order valence-electron chi connectivity index (χ4n) is 3.91. The van der Waals surface area contributed by atoms with Gasteiger partial charge in [0.15, 0.2) is 0 Å². The van der Waals surface area contributed by atoms with E-state index in [2.05, 4.69) is 55.5 Å². The lowest BCUT2D eigenvalue weighted by atomic mass is 10.0. The van der Waals surface area contributed by atoms with E-state index in [-0.39, 0.29) is 10.9 Å². The summed E-state index contributed by atoms with van der Waals surface area (Å²) in [7, 11) is 0. The predicted molar refractivity (Wildman–Crippen MR) is 167 cm³/mol. The van der Waals surface area contributed by atoms with E-state index >= 15 is 0 Å². The van der Waals surface area contributed by atoms with E-state index in [0.29, 0.717) is 41.2 Å². The van der Waals surface area contributed by atoms with E-state index in [0.717, 1.165) is 24.9 Å². The van der Waals surface area contributed by atoms with Gasteiger partial charge in [-0.25, -0.2) is 4.39 Å². The van der Waals surface area contributed by atoms with Gasteiger partial charge in [0.1, 0.15) is 5.82 Å². The Morgan fingerprint density at radius 3 is 2.30 bits per heavy atom. The molecule has 3 rings (SSSR count). The topological polar surface area (TPSA) is 73.5 Å². The molecule has 2 aromatic carbocycles. The van der Waals surface area contributed by atoms with E-state index in [9.17, 15) is 14.0 Å². The van der Waals surface area contributed by atoms with Gasteiger partial charge in [-0.1, -0.05) is 70.0 Å². The fourth-order valence-corrected chi connectivity index (χ4v) is 4.28. The quantitative estimate of drug-likeness (QED) is 0.168. The van der Waals surface area contributed by atoms with Crippen molar-refractivity contribution >= 4 is 41.7 Å². The second kappa shape index (κ2) is 19.8. The van der Waals surface area contributed by atoms with Crippen molar-refractivity contribution < 1.29 is 14.0 Å². The molecule has 0 saturated carbocycles. The third-order valence-corrected chi connectivity index (χ3v) is 6.40. The Morgan fingerprint density at radius 2 is 1.70 bits per heavy atom. The summed E-state index contributed by atoms with van der Waals surface area (Å²) < 4.78 is 13.6. The van der Waals surface area contributed by atoms with E-state index < -0.39 is 5.82 Å². The molecule has 2 amide bonds. The van der Waals surface area contributed by atoms with Gasteiger partial charge < -0.3 is 20.9 Å². The first kappa shape index (κ1) is 35.8. The van der Waals surface area contributed by atoms with Crippen molar-refractivity contribution in [3.63, 3.8) is 0 Å². The molecule has 1 unspecified atom stereocenters. The van der Waals surface area contributed by atoms with Crippen molar-refractivity contribution in [3.8, 4) is 0 Å². The zero-order valence-corrected chi connectivity index (χ0v) is 26.2. The van der Waals surface area contributed by atoms with Crippen molar-refractivity contribution in [1.29, 1.82) is 0 Å². The van der Waals surface area contributed by atoms with Crippen molar-refractivity contribution in [1.82, 2.24) is 15.5 Å². The molecule has 1 aliphatic rings. The summed E-state index contributed by atoms with van der Waals surface area (Å²) in [6.45, 7) is 16.5. The number of halogens is 3. The zero-order valence-electron chi connectivity index (χ0n) is 24.7. The third kappa shape index (κ3) is 16.8. The minimum Gasteiger partial charge on any atom is -0.359 e. The van der Waals surface area contributed by atoms with Crippen LogP contribution in [0.15, 0.2) is 36.4 Å². The number of amides is 2. The van der Waals surface area contributed by atoms with Gasteiger partial charge in [0.25, 0.3) is 0 Å². The lowest BCUT2D eigenvalue weighted by Gasteiger charge is -2.15. The Hall–Kier alpha value is -2.19. The van der Waals surface area contributed by atoms with Crippen molar-refractivity contribution in [2.45, 2.75) is 72.8 Å². The normalized spacial score (nSPS) is 13.8. The maximum absolute atomic E-state index is 13.6. The molecule has 0 aromatic heterocycles. The van der Waals surface area contributed by atoms with Gasteiger partial charge in [0.05, 0.1) is 5.02 Å². The maximum atomic E-state index is 13.6. The van der Waals surface area contributed by atoms with Gasteiger partial charge in [-0.3, -0.25) is 9.59 Å². The molecule has 1 aliphatic heterocycles. The van der Waals surface area contributed by atoms with Gasteiger partial charge in [0.2, 0.25) is 12.8 Å². The predicted octanol–water partition coefficient (Wildman–Crippen LogP) is 7.25. The van der Waals surface area contributed by atoms with Crippen LogP contribution in [0.2, 0.25) is 10.0 Å². The molecule has 224 valence electrons. The summed E-state index contributed by atoms with van der Waals surface area (Å²) in [5, 5.41) is 9.14. The number of benzene rings is 2. The highest BCUT2D eigenvalue weighted by Gasteiger charge is 2.11. The Balaban J connectivity index is 0.000000391. The molecular weight excluding hydrogens is 550 g/mol. The average molecular weight is 598 g/mol. The van der Waals surface area contributed by atoms with Crippen LogP contribution in [0, 0.1) is 11.2 Å². The van der Waals surface area contributed by atoms with Crippen molar-refractivity contribution in [2.24, 2.45) is 5.41 Å². The van der Waals surface area contributed by atoms with Gasteiger partial charge in [-0.05, 0) is 92.0 Å². The molecule has 1 atom stereocenters. The number of nitrogens with zero attached hydrogens (tertiary/aromatic N) is 1. The van der Waals surface area contributed by atoms with Crippen LogP contribution in [0.1, 0.15) is 77.3 Å². The van der Waals surface area contributed by atoms with Crippen LogP contribution in [-0.4, -0.2) is 50.4 Å². The van der Waals surface area contributed by atoms with Crippen LogP contribution >= 0.6 is 23.2 Å². The summed E-state index contributed by atoms with van der Waals surface area (Å²) in [5.41, 5.74) is 2.75. The summed E-state index contributed by atoms with van der Waals surface area (Å²) in [4.78, 5) is 23.0. The van der Waals surface area contributed by atoms with Crippen molar-refractivity contribution in [2.75, 3.05) is 38.0 Å². The SMILES string of the molecule is CC(C)(C)C.CC(CNCc1cc(F)c(Cl)cc1NC=O)c1cccc(Cl)c1.O=CNCCCCN1CCCC1. The van der Waals surface area contributed by atoms with Gasteiger partial charge in [0, 0.05) is 30.3 Å². The molecule has 2 aromatic rings. The van der Waals surface area contributed by atoms with E-state index in [4.69, 9.17) is 23.2 Å². The lowest BCUT2D eigenvalue weighted by molar-refractivity contribution is -0.109. The Bertz CT molecular complexity index is 1010.